The Balaban J connectivity index is 1.64. The lowest BCUT2D eigenvalue weighted by atomic mass is 9.86. The number of ether oxygens (including phenoxy) is 2. The largest absolute Gasteiger partial charge is 0.534 e. The summed E-state index contributed by atoms with van der Waals surface area (Å²) < 4.78 is 110. The number of nitrogens with zero attached hydrogens (tertiary/aromatic N) is 1. The first-order valence-corrected chi connectivity index (χ1v) is 15.5. The van der Waals surface area contributed by atoms with Gasteiger partial charge in [0.05, 0.1) is 26.2 Å². The summed E-state index contributed by atoms with van der Waals surface area (Å²) in [6.07, 6.45) is 0.671. The Hall–Kier alpha value is -1.88. The molecule has 2 aliphatic carbocycles. The van der Waals surface area contributed by atoms with Gasteiger partial charge in [0.2, 0.25) is 0 Å². The van der Waals surface area contributed by atoms with Crippen LogP contribution in [0.1, 0.15) is 48.8 Å². The highest BCUT2D eigenvalue weighted by Gasteiger charge is 2.61. The van der Waals surface area contributed by atoms with Crippen LogP contribution in [0.3, 0.4) is 0 Å². The zero-order valence-corrected chi connectivity index (χ0v) is 23.9. The van der Waals surface area contributed by atoms with Crippen molar-refractivity contribution >= 4 is 53.6 Å². The van der Waals surface area contributed by atoms with Gasteiger partial charge in [0.25, 0.3) is 10.0 Å². The summed E-state index contributed by atoms with van der Waals surface area (Å²) in [5, 5.41) is 0.259. The van der Waals surface area contributed by atoms with Gasteiger partial charge in [-0.25, -0.2) is 12.4 Å². The van der Waals surface area contributed by atoms with Crippen LogP contribution in [0.5, 0.6) is 5.75 Å². The predicted octanol–water partition coefficient (Wildman–Crippen LogP) is 5.12. The Bertz CT molecular complexity index is 1710. The minimum absolute atomic E-state index is 0.0342. The molecule has 2 heterocycles. The van der Waals surface area contributed by atoms with Crippen LogP contribution in [-0.2, 0) is 29.6 Å². The zero-order chi connectivity index (χ0) is 27.6. The monoisotopic (exact) mass is 683 g/mol. The summed E-state index contributed by atoms with van der Waals surface area (Å²) >= 11 is 1.71. The second-order valence-electron chi connectivity index (χ2n) is 10.2. The van der Waals surface area contributed by atoms with Crippen LogP contribution < -0.4 is 4.18 Å². The van der Waals surface area contributed by atoms with Crippen molar-refractivity contribution in [3.63, 3.8) is 0 Å². The van der Waals surface area contributed by atoms with Crippen LogP contribution in [0.15, 0.2) is 41.4 Å². The number of halogens is 4. The van der Waals surface area contributed by atoms with Crippen molar-refractivity contribution in [1.29, 1.82) is 0 Å². The van der Waals surface area contributed by atoms with Gasteiger partial charge in [-0.2, -0.15) is 21.6 Å². The number of benzene rings is 2. The first kappa shape index (κ1) is 26.3. The summed E-state index contributed by atoms with van der Waals surface area (Å²) in [7, 11) is -10.1. The number of hydrogen-bond donors (Lipinski definition) is 0. The van der Waals surface area contributed by atoms with Crippen LogP contribution in [0.2, 0.25) is 0 Å². The van der Waals surface area contributed by atoms with Crippen molar-refractivity contribution < 1.29 is 43.7 Å². The van der Waals surface area contributed by atoms with Crippen LogP contribution >= 0.6 is 22.6 Å². The fraction of sp³-hybridized carbons (Fsp3) is 0.417. The van der Waals surface area contributed by atoms with Crippen LogP contribution in [-0.4, -0.2) is 44.3 Å². The third-order valence-electron chi connectivity index (χ3n) is 7.34. The van der Waals surface area contributed by atoms with E-state index in [1.165, 1.54) is 24.4 Å². The molecule has 0 N–H and O–H groups in total. The summed E-state index contributed by atoms with van der Waals surface area (Å²) in [5.41, 5.74) is -3.90. The van der Waals surface area contributed by atoms with Crippen molar-refractivity contribution in [2.75, 3.05) is 0 Å². The number of rotatable bonds is 4. The van der Waals surface area contributed by atoms with Gasteiger partial charge >= 0.3 is 15.6 Å². The van der Waals surface area contributed by atoms with Crippen molar-refractivity contribution in [2.24, 2.45) is 0 Å². The Morgan fingerprint density at radius 3 is 2.16 bits per heavy atom. The molecule has 2 aromatic carbocycles. The summed E-state index contributed by atoms with van der Waals surface area (Å²) in [6.45, 7) is 5.25. The molecule has 1 aromatic heterocycles. The van der Waals surface area contributed by atoms with E-state index in [0.29, 0.717) is 12.0 Å². The summed E-state index contributed by atoms with van der Waals surface area (Å²) in [6, 6.07) is 7.73. The third-order valence-corrected chi connectivity index (χ3v) is 11.1. The third kappa shape index (κ3) is 3.66. The van der Waals surface area contributed by atoms with Crippen molar-refractivity contribution in [2.45, 2.75) is 67.4 Å². The molecular weight excluding hydrogens is 662 g/mol. The molecule has 1 saturated carbocycles. The molecule has 38 heavy (non-hydrogen) atoms. The highest BCUT2D eigenvalue weighted by atomic mass is 127. The van der Waals surface area contributed by atoms with Crippen molar-refractivity contribution in [3.05, 3.63) is 56.8 Å². The topological polar surface area (TPSA) is 101 Å². The minimum Gasteiger partial charge on any atom is -0.375 e. The Morgan fingerprint density at radius 1 is 1.00 bits per heavy atom. The molecule has 1 aliphatic heterocycles. The molecule has 0 spiro atoms. The molecule has 0 amide bonds. The van der Waals surface area contributed by atoms with Crippen LogP contribution in [0.4, 0.5) is 13.2 Å². The highest BCUT2D eigenvalue weighted by Crippen LogP contribution is 2.64. The van der Waals surface area contributed by atoms with E-state index in [0.717, 1.165) is 9.54 Å². The Labute approximate surface area is 230 Å². The van der Waals surface area contributed by atoms with E-state index in [9.17, 15) is 30.0 Å². The summed E-state index contributed by atoms with van der Waals surface area (Å²) in [4.78, 5) is 0.0342. The number of hydrogen-bond acceptors (Lipinski definition) is 7. The summed E-state index contributed by atoms with van der Waals surface area (Å²) in [5.74, 6) is -2.42. The average molecular weight is 683 g/mol. The quantitative estimate of drug-likeness (QED) is 0.214. The van der Waals surface area contributed by atoms with Gasteiger partial charge in [0.1, 0.15) is 0 Å². The number of aryl methyl sites for hydroxylation is 1. The van der Waals surface area contributed by atoms with Gasteiger partial charge in [-0.1, -0.05) is 17.7 Å². The normalized spacial score (nSPS) is 26.1. The molecule has 14 heteroatoms. The van der Waals surface area contributed by atoms with Crippen LogP contribution in [0.25, 0.3) is 10.9 Å². The number of aromatic nitrogens is 1. The van der Waals surface area contributed by atoms with E-state index >= 15 is 0 Å². The molecule has 2 unspecified atom stereocenters. The van der Waals surface area contributed by atoms with E-state index in [2.05, 4.69) is 0 Å². The van der Waals surface area contributed by atoms with Gasteiger partial charge in [0.15, 0.2) is 11.5 Å². The smallest absolute Gasteiger partial charge is 0.375 e. The second kappa shape index (κ2) is 8.08. The molecule has 8 nitrogen and oxygen atoms in total. The molecule has 204 valence electrons. The molecule has 3 aromatic rings. The van der Waals surface area contributed by atoms with E-state index in [1.807, 2.05) is 6.92 Å². The first-order valence-electron chi connectivity index (χ1n) is 11.6. The maximum Gasteiger partial charge on any atom is 0.534 e. The lowest BCUT2D eigenvalue weighted by molar-refractivity contribution is -0.153. The molecule has 3 aliphatic rings. The molecule has 4 atom stereocenters. The van der Waals surface area contributed by atoms with Gasteiger partial charge in [-0.15, -0.1) is 0 Å². The van der Waals surface area contributed by atoms with E-state index in [-0.39, 0.29) is 24.9 Å². The van der Waals surface area contributed by atoms with Crippen LogP contribution in [0, 0.1) is 10.5 Å². The average Bonchev–Trinajstić information content (AvgIpc) is 3.54. The second-order valence-corrected chi connectivity index (χ2v) is 14.6. The zero-order valence-electron chi connectivity index (χ0n) is 20.1. The highest BCUT2D eigenvalue weighted by molar-refractivity contribution is 14.1. The lowest BCUT2D eigenvalue weighted by Crippen LogP contribution is -2.32. The fourth-order valence-corrected chi connectivity index (χ4v) is 8.73. The molecular formula is C24H21F3INO7S2. The maximum absolute atomic E-state index is 13.7. The van der Waals surface area contributed by atoms with Gasteiger partial charge in [0, 0.05) is 29.0 Å². The van der Waals surface area contributed by atoms with Crippen molar-refractivity contribution in [1.82, 2.24) is 3.97 Å². The fourth-order valence-electron chi connectivity index (χ4n) is 5.90. The predicted molar refractivity (Wildman–Crippen MR) is 138 cm³/mol. The number of fused-ring (bicyclic) bond motifs is 10. The van der Waals surface area contributed by atoms with Gasteiger partial charge in [-0.05, 0) is 73.5 Å². The number of alkyl halides is 3. The minimum atomic E-state index is -6.00. The SMILES string of the molecule is Cc1ccc(S(=O)(=O)n2ccc3c(I)c(OS(=O)(=O)C(F)(F)F)c4c(c32)[C@H]2C[C@@H]4C3OC(C)(C)OC32)cc1. The molecule has 2 bridgehead atoms. The van der Waals surface area contributed by atoms with E-state index in [4.69, 9.17) is 13.7 Å². The Kier molecular flexibility index (Phi) is 5.60. The van der Waals surface area contributed by atoms with E-state index in [1.54, 1.807) is 48.6 Å². The molecule has 1 saturated heterocycles. The molecule has 0 radical (unpaired) electrons. The van der Waals surface area contributed by atoms with E-state index < -0.39 is 61.2 Å². The Morgan fingerprint density at radius 2 is 1.58 bits per heavy atom. The first-order chi connectivity index (χ1) is 17.5. The lowest BCUT2D eigenvalue weighted by Gasteiger charge is -2.28. The standard InChI is InChI=1S/C24H21F3INO7S2/c1-11-4-6-12(7-5-11)37(30,31)29-9-8-13-18(28)22(36-38(32,33)24(25,26)27)17-15-10-14(16(17)19(13)29)20-21(15)35-23(2,3)34-20/h4-9,14-15,20-21H,10H2,1-3H3/t14-,15+,20?,21?/m1/s1. The molecule has 2 fully saturated rings. The maximum atomic E-state index is 13.7. The molecule has 6 rings (SSSR count). The van der Waals surface area contributed by atoms with Gasteiger partial charge < -0.3 is 13.7 Å². The van der Waals surface area contributed by atoms with Crippen molar-refractivity contribution in [3.8, 4) is 5.75 Å². The van der Waals surface area contributed by atoms with Gasteiger partial charge in [-0.3, -0.25) is 0 Å².